The third-order valence-electron chi connectivity index (χ3n) is 5.75. The van der Waals surface area contributed by atoms with Crippen LogP contribution >= 0.6 is 0 Å². The van der Waals surface area contributed by atoms with Crippen LogP contribution in [0.5, 0.6) is 0 Å². The average Bonchev–Trinajstić information content (AvgIpc) is 3.28. The highest BCUT2D eigenvalue weighted by Gasteiger charge is 2.23. The molecule has 0 aliphatic carbocycles. The predicted octanol–water partition coefficient (Wildman–Crippen LogP) is 2.86. The molecule has 2 aromatic carbocycles. The molecule has 2 fully saturated rings. The van der Waals surface area contributed by atoms with E-state index in [0.717, 1.165) is 58.3 Å². The van der Waals surface area contributed by atoms with Gasteiger partial charge in [-0.15, -0.1) is 0 Å². The summed E-state index contributed by atoms with van der Waals surface area (Å²) in [4.78, 5) is 9.76. The summed E-state index contributed by atoms with van der Waals surface area (Å²) in [5.41, 5.74) is 3.83. The Morgan fingerprint density at radius 1 is 1.00 bits per heavy atom. The molecule has 0 bridgehead atoms. The van der Waals surface area contributed by atoms with Crippen LogP contribution in [-0.4, -0.2) is 57.9 Å². The first kappa shape index (κ1) is 20.5. The van der Waals surface area contributed by atoms with E-state index in [1.807, 2.05) is 0 Å². The Morgan fingerprint density at radius 2 is 1.77 bits per heavy atom. The first-order valence-corrected chi connectivity index (χ1v) is 11.1. The molecule has 30 heavy (non-hydrogen) atoms. The van der Waals surface area contributed by atoms with Crippen LogP contribution in [0.1, 0.15) is 18.9 Å². The van der Waals surface area contributed by atoms with E-state index in [4.69, 9.17) is 9.73 Å². The lowest BCUT2D eigenvalue weighted by atomic mass is 10.1. The number of ether oxygens (including phenoxy) is 1. The van der Waals surface area contributed by atoms with Gasteiger partial charge in [0.25, 0.3) is 0 Å². The van der Waals surface area contributed by atoms with Crippen molar-refractivity contribution in [2.24, 2.45) is 4.99 Å². The van der Waals surface area contributed by atoms with E-state index in [-0.39, 0.29) is 0 Å². The van der Waals surface area contributed by atoms with Crippen LogP contribution in [-0.2, 0) is 11.3 Å². The normalized spacial score (nSPS) is 19.8. The standard InChI is InChI=1S/C24H33N5O/c1-2-25-24(27-21-12-13-29(19-21)22-9-4-3-5-10-22)26-18-20-8-6-7-11-23(20)28-14-16-30-17-15-28/h3-11,21H,2,12-19H2,1H3,(H2,25,26,27). The second kappa shape index (κ2) is 10.3. The van der Waals surface area contributed by atoms with Crippen LogP contribution < -0.4 is 20.4 Å². The molecule has 0 saturated carbocycles. The lowest BCUT2D eigenvalue weighted by Gasteiger charge is -2.30. The van der Waals surface area contributed by atoms with Crippen molar-refractivity contribution in [3.8, 4) is 0 Å². The molecule has 0 radical (unpaired) electrons. The van der Waals surface area contributed by atoms with Gasteiger partial charge in [-0.25, -0.2) is 4.99 Å². The molecule has 0 aromatic heterocycles. The summed E-state index contributed by atoms with van der Waals surface area (Å²) in [7, 11) is 0. The topological polar surface area (TPSA) is 52.1 Å². The van der Waals surface area contributed by atoms with Gasteiger partial charge in [0.2, 0.25) is 0 Å². The van der Waals surface area contributed by atoms with E-state index in [9.17, 15) is 0 Å². The lowest BCUT2D eigenvalue weighted by molar-refractivity contribution is 0.122. The number of anilines is 2. The van der Waals surface area contributed by atoms with E-state index in [2.05, 4.69) is 82.0 Å². The van der Waals surface area contributed by atoms with Gasteiger partial charge >= 0.3 is 0 Å². The molecule has 1 unspecified atom stereocenters. The Bertz CT molecular complexity index is 819. The number of morpholine rings is 1. The number of aliphatic imine (C=N–C) groups is 1. The van der Waals surface area contributed by atoms with Gasteiger partial charge in [0, 0.05) is 50.1 Å². The highest BCUT2D eigenvalue weighted by atomic mass is 16.5. The minimum Gasteiger partial charge on any atom is -0.378 e. The molecular formula is C24H33N5O. The Kier molecular flexibility index (Phi) is 7.08. The number of para-hydroxylation sites is 2. The van der Waals surface area contributed by atoms with Crippen molar-refractivity contribution in [1.29, 1.82) is 0 Å². The number of nitrogens with zero attached hydrogens (tertiary/aromatic N) is 3. The maximum absolute atomic E-state index is 5.51. The molecule has 2 aromatic rings. The SMILES string of the molecule is CCNC(=NCc1ccccc1N1CCOCC1)NC1CCN(c2ccccc2)C1. The van der Waals surface area contributed by atoms with E-state index >= 15 is 0 Å². The molecule has 2 saturated heterocycles. The lowest BCUT2D eigenvalue weighted by Crippen LogP contribution is -2.44. The summed E-state index contributed by atoms with van der Waals surface area (Å²) in [6.07, 6.45) is 1.11. The number of hydrogen-bond acceptors (Lipinski definition) is 4. The summed E-state index contributed by atoms with van der Waals surface area (Å²) in [5, 5.41) is 7.07. The Labute approximate surface area is 179 Å². The number of rotatable bonds is 6. The van der Waals surface area contributed by atoms with Crippen LogP contribution in [0, 0.1) is 0 Å². The summed E-state index contributed by atoms with van der Waals surface area (Å²) in [5.74, 6) is 0.897. The largest absolute Gasteiger partial charge is 0.378 e. The highest BCUT2D eigenvalue weighted by Crippen LogP contribution is 2.23. The summed E-state index contributed by atoms with van der Waals surface area (Å²) in [6.45, 7) is 9.17. The van der Waals surface area contributed by atoms with Gasteiger partial charge < -0.3 is 25.2 Å². The molecule has 0 amide bonds. The van der Waals surface area contributed by atoms with Gasteiger partial charge in [-0.1, -0.05) is 36.4 Å². The molecule has 6 nitrogen and oxygen atoms in total. The van der Waals surface area contributed by atoms with Gasteiger partial charge in [-0.3, -0.25) is 0 Å². The van der Waals surface area contributed by atoms with Crippen molar-refractivity contribution in [3.05, 3.63) is 60.2 Å². The van der Waals surface area contributed by atoms with Crippen molar-refractivity contribution in [1.82, 2.24) is 10.6 Å². The second-order valence-corrected chi connectivity index (χ2v) is 7.83. The average molecular weight is 408 g/mol. The molecular weight excluding hydrogens is 374 g/mol. The molecule has 2 N–H and O–H groups in total. The molecule has 4 rings (SSSR count). The third kappa shape index (κ3) is 5.25. The van der Waals surface area contributed by atoms with Gasteiger partial charge in [0.15, 0.2) is 5.96 Å². The van der Waals surface area contributed by atoms with Crippen molar-refractivity contribution < 1.29 is 4.74 Å². The molecule has 0 spiro atoms. The van der Waals surface area contributed by atoms with Gasteiger partial charge in [0.05, 0.1) is 19.8 Å². The fourth-order valence-electron chi connectivity index (χ4n) is 4.19. The number of benzene rings is 2. The highest BCUT2D eigenvalue weighted by molar-refractivity contribution is 5.80. The van der Waals surface area contributed by atoms with Crippen LogP contribution in [0.2, 0.25) is 0 Å². The molecule has 6 heteroatoms. The number of hydrogen-bond donors (Lipinski definition) is 2. The quantitative estimate of drug-likeness (QED) is 0.570. The van der Waals surface area contributed by atoms with Gasteiger partial charge in [-0.2, -0.15) is 0 Å². The molecule has 2 aliphatic rings. The Hall–Kier alpha value is -2.73. The minimum atomic E-state index is 0.400. The minimum absolute atomic E-state index is 0.400. The van der Waals surface area contributed by atoms with E-state index in [1.54, 1.807) is 0 Å². The van der Waals surface area contributed by atoms with E-state index < -0.39 is 0 Å². The van der Waals surface area contributed by atoms with Crippen molar-refractivity contribution in [2.75, 3.05) is 55.7 Å². The summed E-state index contributed by atoms with van der Waals surface area (Å²) >= 11 is 0. The Balaban J connectivity index is 1.40. The zero-order valence-corrected chi connectivity index (χ0v) is 17.9. The van der Waals surface area contributed by atoms with Crippen molar-refractivity contribution in [3.63, 3.8) is 0 Å². The molecule has 2 aliphatic heterocycles. The number of nitrogens with one attached hydrogen (secondary N) is 2. The van der Waals surface area contributed by atoms with Gasteiger partial charge in [0.1, 0.15) is 0 Å². The van der Waals surface area contributed by atoms with Crippen LogP contribution in [0.3, 0.4) is 0 Å². The molecule has 160 valence electrons. The zero-order valence-electron chi connectivity index (χ0n) is 17.9. The third-order valence-corrected chi connectivity index (χ3v) is 5.75. The maximum Gasteiger partial charge on any atom is 0.191 e. The fourth-order valence-corrected chi connectivity index (χ4v) is 4.19. The van der Waals surface area contributed by atoms with E-state index in [0.29, 0.717) is 12.6 Å². The monoisotopic (exact) mass is 407 g/mol. The number of guanidine groups is 1. The Morgan fingerprint density at radius 3 is 2.57 bits per heavy atom. The molecule has 1 atom stereocenters. The van der Waals surface area contributed by atoms with Crippen LogP contribution in [0.15, 0.2) is 59.6 Å². The smallest absolute Gasteiger partial charge is 0.191 e. The predicted molar refractivity (Wildman–Crippen MR) is 124 cm³/mol. The van der Waals surface area contributed by atoms with Gasteiger partial charge in [-0.05, 0) is 37.1 Å². The zero-order chi connectivity index (χ0) is 20.6. The van der Waals surface area contributed by atoms with E-state index in [1.165, 1.54) is 16.9 Å². The van der Waals surface area contributed by atoms with Crippen molar-refractivity contribution in [2.45, 2.75) is 25.9 Å². The fraction of sp³-hybridized carbons (Fsp3) is 0.458. The summed E-state index contributed by atoms with van der Waals surface area (Å²) < 4.78 is 5.51. The van der Waals surface area contributed by atoms with Crippen LogP contribution in [0.4, 0.5) is 11.4 Å². The second-order valence-electron chi connectivity index (χ2n) is 7.83. The first-order chi connectivity index (χ1) is 14.8. The van der Waals surface area contributed by atoms with Crippen LogP contribution in [0.25, 0.3) is 0 Å². The van der Waals surface area contributed by atoms with Crippen molar-refractivity contribution >= 4 is 17.3 Å². The molecule has 2 heterocycles. The first-order valence-electron chi connectivity index (χ1n) is 11.1. The maximum atomic E-state index is 5.51. The summed E-state index contributed by atoms with van der Waals surface area (Å²) in [6, 6.07) is 19.6.